The molecule has 2 rings (SSSR count). The molecule has 1 aliphatic heterocycles. The maximum atomic E-state index is 13.7. The Morgan fingerprint density at radius 2 is 2.25 bits per heavy atom. The number of aryl methyl sites for hydroxylation is 1. The van der Waals surface area contributed by atoms with Crippen molar-refractivity contribution in [3.05, 3.63) is 35.1 Å². The van der Waals surface area contributed by atoms with Crippen molar-refractivity contribution in [2.75, 3.05) is 0 Å². The molecular formula is C13H16FNO. The summed E-state index contributed by atoms with van der Waals surface area (Å²) in [7, 11) is 0. The Morgan fingerprint density at radius 3 is 2.94 bits per heavy atom. The summed E-state index contributed by atoms with van der Waals surface area (Å²) in [6, 6.07) is 5.16. The van der Waals surface area contributed by atoms with Crippen molar-refractivity contribution < 1.29 is 9.18 Å². The number of halogens is 1. The van der Waals surface area contributed by atoms with Crippen LogP contribution < -0.4 is 5.32 Å². The van der Waals surface area contributed by atoms with E-state index in [4.69, 9.17) is 0 Å². The van der Waals surface area contributed by atoms with Gasteiger partial charge in [0.05, 0.1) is 0 Å². The molecule has 1 aromatic carbocycles. The first-order chi connectivity index (χ1) is 7.61. The lowest BCUT2D eigenvalue weighted by Crippen LogP contribution is -2.27. The number of rotatable bonds is 2. The highest BCUT2D eigenvalue weighted by molar-refractivity contribution is 5.80. The van der Waals surface area contributed by atoms with Gasteiger partial charge in [0, 0.05) is 18.4 Å². The third-order valence-electron chi connectivity index (χ3n) is 3.23. The second-order valence-corrected chi connectivity index (χ2v) is 4.42. The van der Waals surface area contributed by atoms with Gasteiger partial charge in [-0.05, 0) is 25.0 Å². The van der Waals surface area contributed by atoms with Crippen LogP contribution in [0.1, 0.15) is 36.8 Å². The molecule has 2 atom stereocenters. The van der Waals surface area contributed by atoms with Crippen molar-refractivity contribution in [2.45, 2.75) is 38.6 Å². The summed E-state index contributed by atoms with van der Waals surface area (Å²) in [5.41, 5.74) is 1.70. The predicted molar refractivity (Wildman–Crippen MR) is 60.7 cm³/mol. The van der Waals surface area contributed by atoms with E-state index in [1.165, 1.54) is 6.07 Å². The summed E-state index contributed by atoms with van der Waals surface area (Å²) < 4.78 is 13.7. The molecule has 86 valence electrons. The highest BCUT2D eigenvalue weighted by Crippen LogP contribution is 2.32. The van der Waals surface area contributed by atoms with Crippen LogP contribution in [0.3, 0.4) is 0 Å². The molecule has 0 bridgehead atoms. The van der Waals surface area contributed by atoms with Crippen LogP contribution in [0.5, 0.6) is 0 Å². The number of nitrogens with one attached hydrogen (secondary N) is 1. The number of benzene rings is 1. The van der Waals surface area contributed by atoms with Gasteiger partial charge in [-0.15, -0.1) is 0 Å². The maximum Gasteiger partial charge on any atom is 0.220 e. The van der Waals surface area contributed by atoms with E-state index in [9.17, 15) is 9.18 Å². The molecule has 0 saturated carbocycles. The van der Waals surface area contributed by atoms with Crippen molar-refractivity contribution >= 4 is 5.91 Å². The van der Waals surface area contributed by atoms with E-state index in [1.54, 1.807) is 6.07 Å². The zero-order valence-corrected chi connectivity index (χ0v) is 9.59. The van der Waals surface area contributed by atoms with E-state index in [2.05, 4.69) is 5.32 Å². The predicted octanol–water partition coefficient (Wildman–Crippen LogP) is 2.52. The zero-order valence-electron chi connectivity index (χ0n) is 9.59. The van der Waals surface area contributed by atoms with Crippen LogP contribution in [0.4, 0.5) is 4.39 Å². The van der Waals surface area contributed by atoms with Crippen molar-refractivity contribution in [1.29, 1.82) is 0 Å². The van der Waals surface area contributed by atoms with Gasteiger partial charge in [-0.25, -0.2) is 4.39 Å². The largest absolute Gasteiger partial charge is 0.353 e. The monoisotopic (exact) mass is 221 g/mol. The second kappa shape index (κ2) is 4.24. The molecule has 1 amide bonds. The van der Waals surface area contributed by atoms with Gasteiger partial charge < -0.3 is 5.32 Å². The van der Waals surface area contributed by atoms with E-state index < -0.39 is 0 Å². The molecule has 1 aromatic rings. The summed E-state index contributed by atoms with van der Waals surface area (Å²) in [6.45, 7) is 3.95. The summed E-state index contributed by atoms with van der Waals surface area (Å²) in [5.74, 6) is -0.194. The SMILES string of the molecule is CCC1NC(=O)CC1c1cc(C)ccc1F. The van der Waals surface area contributed by atoms with Crippen LogP contribution >= 0.6 is 0 Å². The minimum Gasteiger partial charge on any atom is -0.353 e. The molecule has 2 unspecified atom stereocenters. The Bertz CT molecular complexity index is 416. The average Bonchev–Trinajstić information content (AvgIpc) is 2.63. The molecule has 1 N–H and O–H groups in total. The normalized spacial score (nSPS) is 24.6. The summed E-state index contributed by atoms with van der Waals surface area (Å²) >= 11 is 0. The van der Waals surface area contributed by atoms with E-state index in [0.29, 0.717) is 12.0 Å². The first-order valence-corrected chi connectivity index (χ1v) is 5.67. The van der Waals surface area contributed by atoms with Gasteiger partial charge in [-0.1, -0.05) is 24.6 Å². The van der Waals surface area contributed by atoms with Crippen LogP contribution in [0.2, 0.25) is 0 Å². The minimum absolute atomic E-state index is 0.0163. The highest BCUT2D eigenvalue weighted by atomic mass is 19.1. The first-order valence-electron chi connectivity index (χ1n) is 5.67. The summed E-state index contributed by atoms with van der Waals surface area (Å²) in [6.07, 6.45) is 1.24. The van der Waals surface area contributed by atoms with Crippen molar-refractivity contribution in [1.82, 2.24) is 5.32 Å². The van der Waals surface area contributed by atoms with Crippen LogP contribution in [-0.4, -0.2) is 11.9 Å². The van der Waals surface area contributed by atoms with Gasteiger partial charge in [0.25, 0.3) is 0 Å². The standard InChI is InChI=1S/C13H16FNO/c1-3-12-10(7-13(16)15-12)9-6-8(2)4-5-11(9)14/h4-6,10,12H,3,7H2,1-2H3,(H,15,16). The molecule has 0 aliphatic carbocycles. The zero-order chi connectivity index (χ0) is 11.7. The van der Waals surface area contributed by atoms with E-state index in [-0.39, 0.29) is 23.7 Å². The smallest absolute Gasteiger partial charge is 0.220 e. The Kier molecular flexibility index (Phi) is 2.95. The van der Waals surface area contributed by atoms with E-state index in [1.807, 2.05) is 19.9 Å². The van der Waals surface area contributed by atoms with Gasteiger partial charge in [-0.2, -0.15) is 0 Å². The Morgan fingerprint density at radius 1 is 1.50 bits per heavy atom. The third-order valence-corrected chi connectivity index (χ3v) is 3.23. The quantitative estimate of drug-likeness (QED) is 0.816. The fourth-order valence-electron chi connectivity index (χ4n) is 2.37. The molecule has 1 fully saturated rings. The molecule has 0 spiro atoms. The van der Waals surface area contributed by atoms with E-state index in [0.717, 1.165) is 12.0 Å². The molecule has 2 nitrogen and oxygen atoms in total. The fraction of sp³-hybridized carbons (Fsp3) is 0.462. The lowest BCUT2D eigenvalue weighted by atomic mass is 9.89. The topological polar surface area (TPSA) is 29.1 Å². The van der Waals surface area contributed by atoms with Crippen LogP contribution in [0, 0.1) is 12.7 Å². The van der Waals surface area contributed by atoms with Gasteiger partial charge in [-0.3, -0.25) is 4.79 Å². The van der Waals surface area contributed by atoms with Crippen LogP contribution in [-0.2, 0) is 4.79 Å². The molecular weight excluding hydrogens is 205 g/mol. The van der Waals surface area contributed by atoms with E-state index >= 15 is 0 Å². The highest BCUT2D eigenvalue weighted by Gasteiger charge is 2.33. The van der Waals surface area contributed by atoms with Gasteiger partial charge in [0.1, 0.15) is 5.82 Å². The third kappa shape index (κ3) is 1.94. The molecule has 0 radical (unpaired) electrons. The molecule has 1 heterocycles. The lowest BCUT2D eigenvalue weighted by molar-refractivity contribution is -0.119. The van der Waals surface area contributed by atoms with Crippen molar-refractivity contribution in [3.63, 3.8) is 0 Å². The van der Waals surface area contributed by atoms with Gasteiger partial charge in [0.15, 0.2) is 0 Å². The second-order valence-electron chi connectivity index (χ2n) is 4.42. The Balaban J connectivity index is 2.35. The molecule has 1 aliphatic rings. The Labute approximate surface area is 94.9 Å². The van der Waals surface area contributed by atoms with Gasteiger partial charge in [0.2, 0.25) is 5.91 Å². The van der Waals surface area contributed by atoms with Crippen molar-refractivity contribution in [3.8, 4) is 0 Å². The van der Waals surface area contributed by atoms with Crippen molar-refractivity contribution in [2.24, 2.45) is 0 Å². The number of hydrogen-bond acceptors (Lipinski definition) is 1. The molecule has 1 saturated heterocycles. The number of carbonyl (C=O) groups is 1. The lowest BCUT2D eigenvalue weighted by Gasteiger charge is -2.18. The number of hydrogen-bond donors (Lipinski definition) is 1. The molecule has 3 heteroatoms. The van der Waals surface area contributed by atoms with Crippen LogP contribution in [0.25, 0.3) is 0 Å². The maximum absolute atomic E-state index is 13.7. The minimum atomic E-state index is -0.203. The summed E-state index contributed by atoms with van der Waals surface area (Å²) in [4.78, 5) is 11.4. The average molecular weight is 221 g/mol. The van der Waals surface area contributed by atoms with Crippen LogP contribution in [0.15, 0.2) is 18.2 Å². The fourth-order valence-corrected chi connectivity index (χ4v) is 2.37. The molecule has 16 heavy (non-hydrogen) atoms. The summed E-state index contributed by atoms with van der Waals surface area (Å²) in [5, 5.41) is 2.89. The number of carbonyl (C=O) groups excluding carboxylic acids is 1. The first kappa shape index (κ1) is 11.1. The van der Waals surface area contributed by atoms with Gasteiger partial charge >= 0.3 is 0 Å². The molecule has 0 aromatic heterocycles. The Hall–Kier alpha value is -1.38. The number of amides is 1.